The molecule has 4 heteroatoms. The second-order valence-corrected chi connectivity index (χ2v) is 5.30. The van der Waals surface area contributed by atoms with Gasteiger partial charge in [0.15, 0.2) is 5.78 Å². The van der Waals surface area contributed by atoms with E-state index >= 15 is 0 Å². The number of Topliss-reactive ketones (excluding diaryl/α,β-unsaturated/α-hetero) is 1. The molecule has 1 fully saturated rings. The van der Waals surface area contributed by atoms with Gasteiger partial charge in [-0.15, -0.1) is 0 Å². The van der Waals surface area contributed by atoms with E-state index in [1.54, 1.807) is 25.6 Å². The van der Waals surface area contributed by atoms with Crippen LogP contribution in [0.5, 0.6) is 5.75 Å². The van der Waals surface area contributed by atoms with E-state index in [2.05, 4.69) is 10.3 Å². The lowest BCUT2D eigenvalue weighted by atomic mass is 9.77. The van der Waals surface area contributed by atoms with Crippen molar-refractivity contribution in [2.75, 3.05) is 14.2 Å². The summed E-state index contributed by atoms with van der Waals surface area (Å²) in [6.45, 7) is 0. The van der Waals surface area contributed by atoms with Gasteiger partial charge in [0.1, 0.15) is 5.75 Å². The molecule has 1 heterocycles. The Morgan fingerprint density at radius 3 is 2.74 bits per heavy atom. The van der Waals surface area contributed by atoms with Crippen LogP contribution in [0.1, 0.15) is 48.9 Å². The minimum Gasteiger partial charge on any atom is -0.495 e. The number of rotatable bonds is 5. The predicted octanol–water partition coefficient (Wildman–Crippen LogP) is 2.59. The Morgan fingerprint density at radius 2 is 2.11 bits per heavy atom. The number of methoxy groups -OCH3 is 1. The van der Waals surface area contributed by atoms with E-state index in [0.717, 1.165) is 12.8 Å². The smallest absolute Gasteiger partial charge is 0.166 e. The Kier molecular flexibility index (Phi) is 4.53. The van der Waals surface area contributed by atoms with Crippen LogP contribution in [0.25, 0.3) is 0 Å². The van der Waals surface area contributed by atoms with Gasteiger partial charge in [0.2, 0.25) is 0 Å². The maximum Gasteiger partial charge on any atom is 0.166 e. The van der Waals surface area contributed by atoms with Crippen molar-refractivity contribution in [3.8, 4) is 5.75 Å². The molecule has 1 aliphatic carbocycles. The fourth-order valence-corrected chi connectivity index (χ4v) is 2.84. The Bertz CT molecular complexity index is 440. The standard InChI is InChI=1S/C15H22N2O2/c1-16-15(6-4-3-5-7-15)9-14(18)12-8-13(19-2)11-17-10-12/h8,10-11,16H,3-7,9H2,1-2H3. The molecular weight excluding hydrogens is 240 g/mol. The normalized spacial score (nSPS) is 18.0. The summed E-state index contributed by atoms with van der Waals surface area (Å²) in [5.74, 6) is 0.774. The highest BCUT2D eigenvalue weighted by molar-refractivity contribution is 5.96. The molecule has 2 rings (SSSR count). The maximum absolute atomic E-state index is 12.4. The fraction of sp³-hybridized carbons (Fsp3) is 0.600. The summed E-state index contributed by atoms with van der Waals surface area (Å²) >= 11 is 0. The summed E-state index contributed by atoms with van der Waals surface area (Å²) in [6.07, 6.45) is 9.60. The van der Waals surface area contributed by atoms with E-state index in [0.29, 0.717) is 17.7 Å². The van der Waals surface area contributed by atoms with Gasteiger partial charge in [-0.3, -0.25) is 9.78 Å². The Morgan fingerprint density at radius 1 is 1.37 bits per heavy atom. The van der Waals surface area contributed by atoms with Gasteiger partial charge in [0, 0.05) is 23.7 Å². The average Bonchev–Trinajstić information content (AvgIpc) is 2.48. The van der Waals surface area contributed by atoms with E-state index < -0.39 is 0 Å². The van der Waals surface area contributed by atoms with Crippen molar-refractivity contribution in [2.24, 2.45) is 0 Å². The van der Waals surface area contributed by atoms with Gasteiger partial charge in [0.25, 0.3) is 0 Å². The van der Waals surface area contributed by atoms with Crippen LogP contribution in [-0.2, 0) is 0 Å². The van der Waals surface area contributed by atoms with E-state index in [-0.39, 0.29) is 11.3 Å². The largest absolute Gasteiger partial charge is 0.495 e. The molecule has 0 bridgehead atoms. The number of nitrogens with one attached hydrogen (secondary N) is 1. The first kappa shape index (κ1) is 14.0. The molecule has 19 heavy (non-hydrogen) atoms. The lowest BCUT2D eigenvalue weighted by molar-refractivity contribution is 0.0914. The Labute approximate surface area is 114 Å². The highest BCUT2D eigenvalue weighted by atomic mass is 16.5. The number of pyridine rings is 1. The quantitative estimate of drug-likeness (QED) is 0.829. The van der Waals surface area contributed by atoms with Crippen molar-refractivity contribution in [2.45, 2.75) is 44.1 Å². The van der Waals surface area contributed by atoms with Crippen LogP contribution >= 0.6 is 0 Å². The Balaban J connectivity index is 2.10. The summed E-state index contributed by atoms with van der Waals surface area (Å²) < 4.78 is 5.12. The van der Waals surface area contributed by atoms with Crippen molar-refractivity contribution in [3.05, 3.63) is 24.0 Å². The van der Waals surface area contributed by atoms with Gasteiger partial charge < -0.3 is 10.1 Å². The molecule has 1 aliphatic rings. The number of nitrogens with zero attached hydrogens (tertiary/aromatic N) is 1. The van der Waals surface area contributed by atoms with Crippen LogP contribution in [-0.4, -0.2) is 30.5 Å². The topological polar surface area (TPSA) is 51.2 Å². The highest BCUT2D eigenvalue weighted by Crippen LogP contribution is 2.32. The molecular formula is C15H22N2O2. The predicted molar refractivity (Wildman–Crippen MR) is 74.6 cm³/mol. The molecule has 0 radical (unpaired) electrons. The molecule has 4 nitrogen and oxygen atoms in total. The van der Waals surface area contributed by atoms with Gasteiger partial charge in [-0.25, -0.2) is 0 Å². The maximum atomic E-state index is 12.4. The van der Waals surface area contributed by atoms with Crippen LogP contribution in [0.4, 0.5) is 0 Å². The minimum atomic E-state index is -0.0294. The van der Waals surface area contributed by atoms with Crippen LogP contribution in [0, 0.1) is 0 Å². The molecule has 1 aromatic heterocycles. The number of carbonyl (C=O) groups is 1. The van der Waals surface area contributed by atoms with Crippen molar-refractivity contribution < 1.29 is 9.53 Å². The van der Waals surface area contributed by atoms with E-state index in [1.165, 1.54) is 19.3 Å². The number of carbonyl (C=O) groups excluding carboxylic acids is 1. The molecule has 0 saturated heterocycles. The third-order valence-corrected chi connectivity index (χ3v) is 4.11. The van der Waals surface area contributed by atoms with Crippen LogP contribution in [0.2, 0.25) is 0 Å². The SMILES string of the molecule is CNC1(CC(=O)c2cncc(OC)c2)CCCCC1. The van der Waals surface area contributed by atoms with E-state index in [9.17, 15) is 4.79 Å². The molecule has 1 aromatic rings. The van der Waals surface area contributed by atoms with Crippen molar-refractivity contribution in [1.82, 2.24) is 10.3 Å². The third kappa shape index (κ3) is 3.32. The lowest BCUT2D eigenvalue weighted by Crippen LogP contribution is -2.46. The van der Waals surface area contributed by atoms with Crippen molar-refractivity contribution in [3.63, 3.8) is 0 Å². The van der Waals surface area contributed by atoms with E-state index in [4.69, 9.17) is 4.74 Å². The highest BCUT2D eigenvalue weighted by Gasteiger charge is 2.32. The number of hydrogen-bond acceptors (Lipinski definition) is 4. The molecule has 0 amide bonds. The van der Waals surface area contributed by atoms with Crippen LogP contribution in [0.3, 0.4) is 0 Å². The molecule has 1 saturated carbocycles. The monoisotopic (exact) mass is 262 g/mol. The fourth-order valence-electron chi connectivity index (χ4n) is 2.84. The summed E-state index contributed by atoms with van der Waals surface area (Å²) in [5, 5.41) is 3.37. The zero-order valence-corrected chi connectivity index (χ0v) is 11.7. The Hall–Kier alpha value is -1.42. The van der Waals surface area contributed by atoms with E-state index in [1.807, 2.05) is 7.05 Å². The first-order chi connectivity index (χ1) is 9.19. The van der Waals surface area contributed by atoms with Crippen molar-refractivity contribution in [1.29, 1.82) is 0 Å². The number of ketones is 1. The van der Waals surface area contributed by atoms with Gasteiger partial charge in [-0.1, -0.05) is 19.3 Å². The second-order valence-electron chi connectivity index (χ2n) is 5.30. The summed E-state index contributed by atoms with van der Waals surface area (Å²) in [5.41, 5.74) is 0.609. The van der Waals surface area contributed by atoms with Crippen LogP contribution < -0.4 is 10.1 Å². The molecule has 0 aliphatic heterocycles. The number of ether oxygens (including phenoxy) is 1. The van der Waals surface area contributed by atoms with Crippen LogP contribution in [0.15, 0.2) is 18.5 Å². The van der Waals surface area contributed by atoms with Gasteiger partial charge in [0.05, 0.1) is 13.3 Å². The minimum absolute atomic E-state index is 0.0294. The van der Waals surface area contributed by atoms with Crippen molar-refractivity contribution >= 4 is 5.78 Å². The number of aromatic nitrogens is 1. The third-order valence-electron chi connectivity index (χ3n) is 4.11. The van der Waals surface area contributed by atoms with Gasteiger partial charge in [-0.2, -0.15) is 0 Å². The second kappa shape index (κ2) is 6.15. The van der Waals surface area contributed by atoms with Gasteiger partial charge >= 0.3 is 0 Å². The lowest BCUT2D eigenvalue weighted by Gasteiger charge is -2.36. The zero-order chi connectivity index (χ0) is 13.7. The number of hydrogen-bond donors (Lipinski definition) is 1. The molecule has 104 valence electrons. The first-order valence-electron chi connectivity index (χ1n) is 6.90. The average molecular weight is 262 g/mol. The molecule has 0 spiro atoms. The molecule has 0 unspecified atom stereocenters. The summed E-state index contributed by atoms with van der Waals surface area (Å²) in [6, 6.07) is 1.77. The summed E-state index contributed by atoms with van der Waals surface area (Å²) in [4.78, 5) is 16.5. The molecule has 1 N–H and O–H groups in total. The zero-order valence-electron chi connectivity index (χ0n) is 11.7. The van der Waals surface area contributed by atoms with Gasteiger partial charge in [-0.05, 0) is 26.0 Å². The molecule has 0 atom stereocenters. The first-order valence-corrected chi connectivity index (χ1v) is 6.90. The molecule has 0 aromatic carbocycles. The summed E-state index contributed by atoms with van der Waals surface area (Å²) in [7, 11) is 3.55.